The standard InChI is InChI=1S/C16H26O4/c1-13(2)9-17-11-19-15-5-7-16(8-6-15)20-12-18-10-14(3)4/h5-8,13-14H,9-12H2,1-4H3. The van der Waals surface area contributed by atoms with Gasteiger partial charge in [0.2, 0.25) is 0 Å². The van der Waals surface area contributed by atoms with Gasteiger partial charge in [0.05, 0.1) is 13.2 Å². The molecule has 0 aromatic heterocycles. The molecule has 0 fully saturated rings. The molecule has 0 radical (unpaired) electrons. The van der Waals surface area contributed by atoms with E-state index in [0.717, 1.165) is 11.5 Å². The van der Waals surface area contributed by atoms with Crippen molar-refractivity contribution in [1.29, 1.82) is 0 Å². The highest BCUT2D eigenvalue weighted by Gasteiger charge is 1.99. The quantitative estimate of drug-likeness (QED) is 0.484. The fourth-order valence-corrected chi connectivity index (χ4v) is 1.42. The molecule has 0 saturated heterocycles. The molecule has 0 aliphatic carbocycles. The van der Waals surface area contributed by atoms with Crippen molar-refractivity contribution in [3.05, 3.63) is 24.3 Å². The molecular formula is C16H26O4. The van der Waals surface area contributed by atoms with E-state index in [-0.39, 0.29) is 13.6 Å². The van der Waals surface area contributed by atoms with Gasteiger partial charge in [-0.1, -0.05) is 27.7 Å². The lowest BCUT2D eigenvalue weighted by atomic mass is 10.2. The fraction of sp³-hybridized carbons (Fsp3) is 0.625. The maximum absolute atomic E-state index is 5.46. The van der Waals surface area contributed by atoms with Crippen molar-refractivity contribution in [2.75, 3.05) is 26.8 Å². The van der Waals surface area contributed by atoms with E-state index in [1.807, 2.05) is 24.3 Å². The Kier molecular flexibility index (Phi) is 8.07. The van der Waals surface area contributed by atoms with Crippen LogP contribution in [0.15, 0.2) is 24.3 Å². The molecule has 0 bridgehead atoms. The molecular weight excluding hydrogens is 256 g/mol. The minimum Gasteiger partial charge on any atom is -0.468 e. The minimum atomic E-state index is 0.274. The lowest BCUT2D eigenvalue weighted by Crippen LogP contribution is -2.08. The summed E-state index contributed by atoms with van der Waals surface area (Å²) >= 11 is 0. The lowest BCUT2D eigenvalue weighted by Gasteiger charge is -2.11. The van der Waals surface area contributed by atoms with Crippen LogP contribution in [0.25, 0.3) is 0 Å². The van der Waals surface area contributed by atoms with Crippen molar-refractivity contribution in [2.45, 2.75) is 27.7 Å². The first-order chi connectivity index (χ1) is 9.58. The zero-order valence-corrected chi connectivity index (χ0v) is 12.9. The third-order valence-electron chi connectivity index (χ3n) is 2.34. The molecule has 1 aromatic carbocycles. The van der Waals surface area contributed by atoms with Crippen LogP contribution < -0.4 is 9.47 Å². The van der Waals surface area contributed by atoms with Gasteiger partial charge in [-0.25, -0.2) is 0 Å². The van der Waals surface area contributed by atoms with Gasteiger partial charge in [-0.3, -0.25) is 0 Å². The van der Waals surface area contributed by atoms with Gasteiger partial charge in [0.1, 0.15) is 11.5 Å². The average Bonchev–Trinajstić information content (AvgIpc) is 2.41. The molecule has 0 N–H and O–H groups in total. The SMILES string of the molecule is CC(C)COCOc1ccc(OCOCC(C)C)cc1. The first-order valence-corrected chi connectivity index (χ1v) is 7.09. The Hall–Kier alpha value is -1.26. The highest BCUT2D eigenvalue weighted by molar-refractivity contribution is 5.31. The molecule has 4 heteroatoms. The number of benzene rings is 1. The predicted octanol–water partition coefficient (Wildman–Crippen LogP) is 3.70. The summed E-state index contributed by atoms with van der Waals surface area (Å²) in [5.41, 5.74) is 0. The molecule has 0 aliphatic rings. The lowest BCUT2D eigenvalue weighted by molar-refractivity contribution is 0.000707. The summed E-state index contributed by atoms with van der Waals surface area (Å²) in [6.07, 6.45) is 0. The van der Waals surface area contributed by atoms with Crippen LogP contribution in [-0.2, 0) is 9.47 Å². The largest absolute Gasteiger partial charge is 0.468 e. The summed E-state index contributed by atoms with van der Waals surface area (Å²) in [7, 11) is 0. The highest BCUT2D eigenvalue weighted by Crippen LogP contribution is 2.17. The van der Waals surface area contributed by atoms with Crippen LogP contribution >= 0.6 is 0 Å². The number of rotatable bonds is 10. The second kappa shape index (κ2) is 9.61. The first kappa shape index (κ1) is 16.8. The van der Waals surface area contributed by atoms with Crippen molar-refractivity contribution in [1.82, 2.24) is 0 Å². The van der Waals surface area contributed by atoms with Crippen molar-refractivity contribution >= 4 is 0 Å². The van der Waals surface area contributed by atoms with Gasteiger partial charge in [-0.05, 0) is 36.1 Å². The summed E-state index contributed by atoms with van der Waals surface area (Å²) < 4.78 is 21.6. The minimum absolute atomic E-state index is 0.274. The summed E-state index contributed by atoms with van der Waals surface area (Å²) in [4.78, 5) is 0. The molecule has 0 atom stereocenters. The fourth-order valence-electron chi connectivity index (χ4n) is 1.42. The van der Waals surface area contributed by atoms with E-state index in [2.05, 4.69) is 27.7 Å². The Bertz CT molecular complexity index is 311. The molecule has 1 aromatic rings. The van der Waals surface area contributed by atoms with Crippen LogP contribution in [0.5, 0.6) is 11.5 Å². The normalized spacial score (nSPS) is 11.1. The summed E-state index contributed by atoms with van der Waals surface area (Å²) in [5.74, 6) is 2.56. The Morgan fingerprint density at radius 1 is 0.700 bits per heavy atom. The van der Waals surface area contributed by atoms with E-state index in [0.29, 0.717) is 25.0 Å². The molecule has 0 unspecified atom stereocenters. The zero-order valence-electron chi connectivity index (χ0n) is 12.9. The molecule has 0 saturated carbocycles. The molecule has 0 amide bonds. The molecule has 20 heavy (non-hydrogen) atoms. The van der Waals surface area contributed by atoms with Crippen LogP contribution in [-0.4, -0.2) is 26.8 Å². The van der Waals surface area contributed by atoms with Crippen LogP contribution in [0, 0.1) is 11.8 Å². The van der Waals surface area contributed by atoms with Crippen molar-refractivity contribution in [3.63, 3.8) is 0 Å². The van der Waals surface area contributed by atoms with E-state index >= 15 is 0 Å². The predicted molar refractivity (Wildman–Crippen MR) is 79.0 cm³/mol. The Labute approximate surface area is 122 Å². The van der Waals surface area contributed by atoms with E-state index in [4.69, 9.17) is 18.9 Å². The maximum atomic E-state index is 5.46. The van der Waals surface area contributed by atoms with Crippen LogP contribution in [0.4, 0.5) is 0 Å². The third kappa shape index (κ3) is 8.02. The van der Waals surface area contributed by atoms with Gasteiger partial charge in [-0.2, -0.15) is 0 Å². The molecule has 0 aliphatic heterocycles. The molecule has 1 rings (SSSR count). The summed E-state index contributed by atoms with van der Waals surface area (Å²) in [5, 5.41) is 0. The number of hydrogen-bond acceptors (Lipinski definition) is 4. The zero-order chi connectivity index (χ0) is 14.8. The number of hydrogen-bond donors (Lipinski definition) is 0. The van der Waals surface area contributed by atoms with Crippen molar-refractivity contribution in [2.24, 2.45) is 11.8 Å². The van der Waals surface area contributed by atoms with Crippen molar-refractivity contribution in [3.8, 4) is 11.5 Å². The molecule has 114 valence electrons. The van der Waals surface area contributed by atoms with E-state index in [1.165, 1.54) is 0 Å². The highest BCUT2D eigenvalue weighted by atomic mass is 16.7. The van der Waals surface area contributed by atoms with Gasteiger partial charge in [0, 0.05) is 0 Å². The number of ether oxygens (including phenoxy) is 4. The van der Waals surface area contributed by atoms with Gasteiger partial charge < -0.3 is 18.9 Å². The second-order valence-corrected chi connectivity index (χ2v) is 5.53. The van der Waals surface area contributed by atoms with Gasteiger partial charge >= 0.3 is 0 Å². The topological polar surface area (TPSA) is 36.9 Å². The average molecular weight is 282 g/mol. The smallest absolute Gasteiger partial charge is 0.189 e. The second-order valence-electron chi connectivity index (χ2n) is 5.53. The van der Waals surface area contributed by atoms with E-state index in [1.54, 1.807) is 0 Å². The van der Waals surface area contributed by atoms with E-state index < -0.39 is 0 Å². The summed E-state index contributed by atoms with van der Waals surface area (Å²) in [6, 6.07) is 7.43. The molecule has 0 spiro atoms. The maximum Gasteiger partial charge on any atom is 0.189 e. The Morgan fingerprint density at radius 3 is 1.35 bits per heavy atom. The van der Waals surface area contributed by atoms with Gasteiger partial charge in [0.25, 0.3) is 0 Å². The van der Waals surface area contributed by atoms with Crippen LogP contribution in [0.2, 0.25) is 0 Å². The van der Waals surface area contributed by atoms with Crippen molar-refractivity contribution < 1.29 is 18.9 Å². The first-order valence-electron chi connectivity index (χ1n) is 7.09. The molecule has 4 nitrogen and oxygen atoms in total. The Balaban J connectivity index is 2.19. The van der Waals surface area contributed by atoms with E-state index in [9.17, 15) is 0 Å². The van der Waals surface area contributed by atoms with Crippen LogP contribution in [0.1, 0.15) is 27.7 Å². The third-order valence-corrected chi connectivity index (χ3v) is 2.34. The van der Waals surface area contributed by atoms with Gasteiger partial charge in [0.15, 0.2) is 13.6 Å². The Morgan fingerprint density at radius 2 is 1.05 bits per heavy atom. The molecule has 0 heterocycles. The van der Waals surface area contributed by atoms with Crippen LogP contribution in [0.3, 0.4) is 0 Å². The summed E-state index contributed by atoms with van der Waals surface area (Å²) in [6.45, 7) is 10.4. The monoisotopic (exact) mass is 282 g/mol. The van der Waals surface area contributed by atoms with Gasteiger partial charge in [-0.15, -0.1) is 0 Å².